The van der Waals surface area contributed by atoms with Gasteiger partial charge in [-0.05, 0) is 56.2 Å². The van der Waals surface area contributed by atoms with Gasteiger partial charge in [0.1, 0.15) is 18.5 Å². The zero-order chi connectivity index (χ0) is 18.0. The molecule has 0 saturated heterocycles. The first-order valence-electron chi connectivity index (χ1n) is 8.57. The van der Waals surface area contributed by atoms with Crippen molar-refractivity contribution in [2.75, 3.05) is 6.61 Å². The van der Waals surface area contributed by atoms with Crippen molar-refractivity contribution in [1.29, 1.82) is 0 Å². The minimum absolute atomic E-state index is 0.103. The van der Waals surface area contributed by atoms with E-state index in [2.05, 4.69) is 6.07 Å². The van der Waals surface area contributed by atoms with Gasteiger partial charge in [0.05, 0.1) is 17.6 Å². The molecule has 2 aromatic carbocycles. The van der Waals surface area contributed by atoms with Crippen LogP contribution in [0, 0.1) is 13.8 Å². The van der Waals surface area contributed by atoms with Crippen LogP contribution >= 0.6 is 0 Å². The Labute approximate surface area is 147 Å². The van der Waals surface area contributed by atoms with Gasteiger partial charge in [0.15, 0.2) is 0 Å². The summed E-state index contributed by atoms with van der Waals surface area (Å²) >= 11 is 0. The lowest BCUT2D eigenvalue weighted by Gasteiger charge is -2.14. The van der Waals surface area contributed by atoms with Gasteiger partial charge in [-0.1, -0.05) is 18.2 Å². The average Bonchev–Trinajstić information content (AvgIpc) is 2.84. The molecule has 3 aromatic rings. The minimum Gasteiger partial charge on any atom is -0.491 e. The van der Waals surface area contributed by atoms with Crippen LogP contribution in [0.4, 0.5) is 0 Å². The fourth-order valence-corrected chi connectivity index (χ4v) is 3.23. The van der Waals surface area contributed by atoms with Crippen LogP contribution in [0.1, 0.15) is 18.1 Å². The molecule has 1 aromatic heterocycles. The lowest BCUT2D eigenvalue weighted by atomic mass is 10.1. The molecule has 5 heteroatoms. The van der Waals surface area contributed by atoms with Gasteiger partial charge < -0.3 is 9.84 Å². The van der Waals surface area contributed by atoms with Gasteiger partial charge in [-0.15, -0.1) is 0 Å². The molecule has 3 rings (SSSR count). The number of rotatable bonds is 6. The van der Waals surface area contributed by atoms with E-state index < -0.39 is 6.10 Å². The Morgan fingerprint density at radius 2 is 1.64 bits per heavy atom. The molecule has 0 bridgehead atoms. The molecule has 0 aliphatic rings. The highest BCUT2D eigenvalue weighted by Crippen LogP contribution is 2.17. The van der Waals surface area contributed by atoms with Gasteiger partial charge in [0.25, 0.3) is 0 Å². The summed E-state index contributed by atoms with van der Waals surface area (Å²) in [5.74, 6) is 0.736. The van der Waals surface area contributed by atoms with E-state index in [1.807, 2.05) is 57.2 Å². The van der Waals surface area contributed by atoms with Crippen LogP contribution < -0.4 is 10.4 Å². The molecule has 5 nitrogen and oxygen atoms in total. The molecule has 0 fully saturated rings. The third kappa shape index (κ3) is 3.61. The van der Waals surface area contributed by atoms with Crippen molar-refractivity contribution in [1.82, 2.24) is 9.13 Å². The largest absolute Gasteiger partial charge is 0.491 e. The van der Waals surface area contributed by atoms with Crippen molar-refractivity contribution in [3.63, 3.8) is 0 Å². The minimum atomic E-state index is -0.769. The molecule has 0 unspecified atom stereocenters. The summed E-state index contributed by atoms with van der Waals surface area (Å²) < 4.78 is 9.05. The summed E-state index contributed by atoms with van der Waals surface area (Å²) in [7, 11) is 0. The predicted molar refractivity (Wildman–Crippen MR) is 99.3 cm³/mol. The molecule has 132 valence electrons. The zero-order valence-corrected chi connectivity index (χ0v) is 14.9. The number of aliphatic hydroxyl groups excluding tert-OH is 1. The zero-order valence-electron chi connectivity index (χ0n) is 14.9. The van der Waals surface area contributed by atoms with Crippen molar-refractivity contribution < 1.29 is 9.84 Å². The number of aromatic nitrogens is 2. The lowest BCUT2D eigenvalue weighted by Crippen LogP contribution is -2.31. The highest BCUT2D eigenvalue weighted by atomic mass is 16.5. The molecule has 1 heterocycles. The van der Waals surface area contributed by atoms with Crippen molar-refractivity contribution in [2.24, 2.45) is 0 Å². The smallest absolute Gasteiger partial charge is 0.329 e. The highest BCUT2D eigenvalue weighted by molar-refractivity contribution is 5.75. The number of hydrogen-bond acceptors (Lipinski definition) is 3. The number of aliphatic hydroxyl groups is 1. The van der Waals surface area contributed by atoms with Crippen LogP contribution in [-0.2, 0) is 13.1 Å². The van der Waals surface area contributed by atoms with E-state index in [9.17, 15) is 9.90 Å². The predicted octanol–water partition coefficient (Wildman–Crippen LogP) is 2.88. The number of hydrogen-bond donors (Lipinski definition) is 1. The van der Waals surface area contributed by atoms with Crippen LogP contribution in [-0.4, -0.2) is 27.0 Å². The van der Waals surface area contributed by atoms with Gasteiger partial charge in [-0.3, -0.25) is 9.13 Å². The number of benzene rings is 2. The monoisotopic (exact) mass is 340 g/mol. The Morgan fingerprint density at radius 3 is 2.24 bits per heavy atom. The molecular weight excluding hydrogens is 316 g/mol. The number of aryl methyl sites for hydroxylation is 3. The molecule has 1 N–H and O–H groups in total. The topological polar surface area (TPSA) is 56.4 Å². The molecule has 0 amide bonds. The second kappa shape index (κ2) is 7.15. The number of imidazole rings is 1. The van der Waals surface area contributed by atoms with Crippen LogP contribution in [0.25, 0.3) is 11.0 Å². The first-order valence-corrected chi connectivity index (χ1v) is 8.57. The third-order valence-corrected chi connectivity index (χ3v) is 4.27. The number of nitrogens with zero attached hydrogens (tertiary/aromatic N) is 2. The van der Waals surface area contributed by atoms with E-state index in [1.165, 1.54) is 0 Å². The van der Waals surface area contributed by atoms with Crippen LogP contribution in [0.5, 0.6) is 5.75 Å². The van der Waals surface area contributed by atoms with Gasteiger partial charge >= 0.3 is 5.69 Å². The lowest BCUT2D eigenvalue weighted by molar-refractivity contribution is 0.0924. The van der Waals surface area contributed by atoms with Crippen molar-refractivity contribution >= 4 is 11.0 Å². The van der Waals surface area contributed by atoms with Gasteiger partial charge in [-0.2, -0.15) is 0 Å². The molecule has 0 radical (unpaired) electrons. The molecule has 25 heavy (non-hydrogen) atoms. The summed E-state index contributed by atoms with van der Waals surface area (Å²) in [6, 6.07) is 13.6. The molecule has 0 spiro atoms. The Balaban J connectivity index is 1.77. The van der Waals surface area contributed by atoms with E-state index in [1.54, 1.807) is 9.13 Å². The SMILES string of the molecule is CCn1c(=O)n(C[C@@H](O)COc2cc(C)cc(C)c2)c2ccccc21. The number of fused-ring (bicyclic) bond motifs is 1. The van der Waals surface area contributed by atoms with E-state index >= 15 is 0 Å². The second-order valence-electron chi connectivity index (χ2n) is 6.41. The van der Waals surface area contributed by atoms with E-state index in [0.29, 0.717) is 6.54 Å². The maximum Gasteiger partial charge on any atom is 0.329 e. The Kier molecular flexibility index (Phi) is 4.95. The Morgan fingerprint density at radius 1 is 1.04 bits per heavy atom. The normalized spacial score (nSPS) is 12.5. The molecule has 0 aliphatic heterocycles. The molecule has 0 aliphatic carbocycles. The summed E-state index contributed by atoms with van der Waals surface area (Å²) in [5, 5.41) is 10.4. The quantitative estimate of drug-likeness (QED) is 0.751. The van der Waals surface area contributed by atoms with Crippen LogP contribution in [0.15, 0.2) is 47.3 Å². The summed E-state index contributed by atoms with van der Waals surface area (Å²) in [6.45, 7) is 6.91. The standard InChI is InChI=1S/C20H24N2O3/c1-4-21-18-7-5-6-8-19(18)22(20(21)24)12-16(23)13-25-17-10-14(2)9-15(3)11-17/h5-11,16,23H,4,12-13H2,1-3H3/t16-/m1/s1. The number of para-hydroxylation sites is 2. The fraction of sp³-hybridized carbons (Fsp3) is 0.350. The Hall–Kier alpha value is -2.53. The van der Waals surface area contributed by atoms with Gasteiger partial charge in [0.2, 0.25) is 0 Å². The average molecular weight is 340 g/mol. The molecular formula is C20H24N2O3. The highest BCUT2D eigenvalue weighted by Gasteiger charge is 2.15. The fourth-order valence-electron chi connectivity index (χ4n) is 3.23. The summed E-state index contributed by atoms with van der Waals surface area (Å²) in [5.41, 5.74) is 3.85. The summed E-state index contributed by atoms with van der Waals surface area (Å²) in [4.78, 5) is 12.6. The first kappa shape index (κ1) is 17.3. The third-order valence-electron chi connectivity index (χ3n) is 4.27. The van der Waals surface area contributed by atoms with E-state index in [-0.39, 0.29) is 18.8 Å². The maximum absolute atomic E-state index is 12.6. The second-order valence-corrected chi connectivity index (χ2v) is 6.41. The van der Waals surface area contributed by atoms with Gasteiger partial charge in [0, 0.05) is 6.54 Å². The van der Waals surface area contributed by atoms with Gasteiger partial charge in [-0.25, -0.2) is 4.79 Å². The Bertz CT molecular complexity index is 920. The molecule has 0 saturated carbocycles. The van der Waals surface area contributed by atoms with E-state index in [4.69, 9.17) is 4.74 Å². The maximum atomic E-state index is 12.6. The van der Waals surface area contributed by atoms with Crippen LogP contribution in [0.3, 0.4) is 0 Å². The number of ether oxygens (including phenoxy) is 1. The van der Waals surface area contributed by atoms with Crippen LogP contribution in [0.2, 0.25) is 0 Å². The first-order chi connectivity index (χ1) is 12.0. The molecule has 1 atom stereocenters. The van der Waals surface area contributed by atoms with Crippen molar-refractivity contribution in [3.05, 3.63) is 64.1 Å². The van der Waals surface area contributed by atoms with Crippen molar-refractivity contribution in [3.8, 4) is 5.75 Å². The summed E-state index contributed by atoms with van der Waals surface area (Å²) in [6.07, 6.45) is -0.769. The van der Waals surface area contributed by atoms with E-state index in [0.717, 1.165) is 27.9 Å². The van der Waals surface area contributed by atoms with Crippen molar-refractivity contribution in [2.45, 2.75) is 40.0 Å².